The lowest BCUT2D eigenvalue weighted by Gasteiger charge is -2.05. The largest absolute Gasteiger partial charge is 0.422 e. The number of allylic oxidation sites excluding steroid dienone is 1. The van der Waals surface area contributed by atoms with Crippen molar-refractivity contribution in [2.24, 2.45) is 5.10 Å². The summed E-state index contributed by atoms with van der Waals surface area (Å²) < 4.78 is 47.7. The molecule has 1 aliphatic rings. The summed E-state index contributed by atoms with van der Waals surface area (Å²) in [5.74, 6) is -1.56. The highest BCUT2D eigenvalue weighted by atomic mass is 19.4. The van der Waals surface area contributed by atoms with Crippen LogP contribution >= 0.6 is 0 Å². The van der Waals surface area contributed by atoms with Gasteiger partial charge in [0.15, 0.2) is 0 Å². The normalized spacial score (nSPS) is 18.5. The number of halogens is 4. The maximum atomic E-state index is 12.2. The predicted molar refractivity (Wildman–Crippen MR) is 29.4 cm³/mol. The molecule has 0 unspecified atom stereocenters. The average Bonchev–Trinajstić information content (AvgIpc) is 2.08. The van der Waals surface area contributed by atoms with E-state index in [1.807, 2.05) is 0 Å². The van der Waals surface area contributed by atoms with Crippen LogP contribution in [0.4, 0.5) is 17.6 Å². The van der Waals surface area contributed by atoms with E-state index in [0.717, 1.165) is 6.92 Å². The van der Waals surface area contributed by atoms with Gasteiger partial charge in [0.25, 0.3) is 0 Å². The first-order valence-electron chi connectivity index (χ1n) is 2.65. The van der Waals surface area contributed by atoms with E-state index in [0.29, 0.717) is 0 Å². The summed E-state index contributed by atoms with van der Waals surface area (Å²) in [4.78, 5) is 0. The molecule has 0 aliphatic carbocycles. The summed E-state index contributed by atoms with van der Waals surface area (Å²) in [5, 5.41) is 2.94. The van der Waals surface area contributed by atoms with Gasteiger partial charge in [0, 0.05) is 0 Å². The van der Waals surface area contributed by atoms with Gasteiger partial charge in [-0.1, -0.05) is 0 Å². The van der Waals surface area contributed by atoms with Gasteiger partial charge in [0.2, 0.25) is 5.95 Å². The van der Waals surface area contributed by atoms with Crippen molar-refractivity contribution in [3.8, 4) is 0 Å². The lowest BCUT2D eigenvalue weighted by atomic mass is 10.2. The van der Waals surface area contributed by atoms with E-state index in [2.05, 4.69) is 10.5 Å². The molecule has 6 heteroatoms. The predicted octanol–water partition coefficient (Wildman–Crippen LogP) is 1.72. The van der Waals surface area contributed by atoms with Crippen LogP contribution in [0.25, 0.3) is 0 Å². The first-order chi connectivity index (χ1) is 4.93. The van der Waals surface area contributed by atoms with Crippen molar-refractivity contribution in [2.75, 3.05) is 0 Å². The molecule has 0 saturated heterocycles. The highest BCUT2D eigenvalue weighted by Crippen LogP contribution is 2.31. The molecule has 2 nitrogen and oxygen atoms in total. The summed E-state index contributed by atoms with van der Waals surface area (Å²) in [7, 11) is 0. The Morgan fingerprint density at radius 3 is 2.00 bits per heavy atom. The van der Waals surface area contributed by atoms with Crippen LogP contribution in [0.3, 0.4) is 0 Å². The molecule has 0 amide bonds. The third-order valence-electron chi connectivity index (χ3n) is 1.14. The van der Waals surface area contributed by atoms with Crippen molar-refractivity contribution in [3.63, 3.8) is 0 Å². The molecular formula is C5H3F4N2. The third kappa shape index (κ3) is 1.33. The smallest absolute Gasteiger partial charge is 0.182 e. The summed E-state index contributed by atoms with van der Waals surface area (Å²) in [6.45, 7) is 1.05. The van der Waals surface area contributed by atoms with Gasteiger partial charge in [-0.2, -0.15) is 22.7 Å². The molecule has 61 valence electrons. The van der Waals surface area contributed by atoms with Crippen LogP contribution in [-0.4, -0.2) is 11.9 Å². The number of nitrogens with zero attached hydrogens (tertiary/aromatic N) is 2. The number of rotatable bonds is 0. The van der Waals surface area contributed by atoms with Crippen molar-refractivity contribution < 1.29 is 17.6 Å². The minimum atomic E-state index is -4.70. The number of alkyl halides is 3. The minimum absolute atomic E-state index is 0.435. The van der Waals surface area contributed by atoms with Crippen molar-refractivity contribution in [1.29, 1.82) is 0 Å². The topological polar surface area (TPSA) is 26.5 Å². The molecule has 0 saturated carbocycles. The monoisotopic (exact) mass is 167 g/mol. The molecule has 0 atom stereocenters. The molecular weight excluding hydrogens is 164 g/mol. The Labute approximate surface area is 59.6 Å². The quantitative estimate of drug-likeness (QED) is 0.388. The molecule has 0 fully saturated rings. The molecule has 0 aromatic carbocycles. The molecule has 0 N–H and O–H groups in total. The van der Waals surface area contributed by atoms with E-state index >= 15 is 0 Å². The van der Waals surface area contributed by atoms with Crippen LogP contribution in [-0.2, 0) is 0 Å². The van der Waals surface area contributed by atoms with Crippen LogP contribution < -0.4 is 5.43 Å². The van der Waals surface area contributed by atoms with Gasteiger partial charge in [-0.15, -0.1) is 5.43 Å². The summed E-state index contributed by atoms with van der Waals surface area (Å²) in [5.41, 5.74) is 0.833. The molecule has 0 aromatic rings. The second-order valence-electron chi connectivity index (χ2n) is 1.95. The lowest BCUT2D eigenvalue weighted by molar-refractivity contribution is -0.0876. The fourth-order valence-electron chi connectivity index (χ4n) is 0.690. The molecule has 0 aromatic heterocycles. The molecule has 1 heterocycles. The molecule has 11 heavy (non-hydrogen) atoms. The first-order valence-corrected chi connectivity index (χ1v) is 2.65. The fraction of sp³-hybridized carbons (Fsp3) is 0.400. The van der Waals surface area contributed by atoms with Crippen molar-refractivity contribution >= 4 is 5.71 Å². The van der Waals surface area contributed by atoms with Crippen molar-refractivity contribution in [2.45, 2.75) is 13.1 Å². The SMILES string of the molecule is CC1=N[N]C(F)=C1C(F)(F)F. The van der Waals surface area contributed by atoms with Crippen LogP contribution in [0, 0.1) is 0 Å². The van der Waals surface area contributed by atoms with Gasteiger partial charge in [-0.3, -0.25) is 0 Å². The van der Waals surface area contributed by atoms with E-state index < -0.39 is 23.4 Å². The number of hydrogen-bond donors (Lipinski definition) is 0. The summed E-state index contributed by atoms with van der Waals surface area (Å²) in [6, 6.07) is 0. The van der Waals surface area contributed by atoms with Crippen molar-refractivity contribution in [3.05, 3.63) is 11.5 Å². The van der Waals surface area contributed by atoms with E-state index in [-0.39, 0.29) is 0 Å². The Morgan fingerprint density at radius 2 is 1.82 bits per heavy atom. The second kappa shape index (κ2) is 2.21. The molecule has 0 bridgehead atoms. The maximum Gasteiger partial charge on any atom is 0.422 e. The number of hydrogen-bond acceptors (Lipinski definition) is 1. The maximum absolute atomic E-state index is 12.2. The Hall–Kier alpha value is -1.07. The molecule has 1 radical (unpaired) electrons. The van der Waals surface area contributed by atoms with Gasteiger partial charge in [0.1, 0.15) is 5.57 Å². The van der Waals surface area contributed by atoms with Crippen LogP contribution in [0.1, 0.15) is 6.92 Å². The van der Waals surface area contributed by atoms with Gasteiger partial charge in [0.05, 0.1) is 5.71 Å². The standard InChI is InChI=1S/C5H3F4N2/c1-2-3(5(7,8)9)4(6)11-10-2/h1H3. The van der Waals surface area contributed by atoms with Crippen LogP contribution in [0.2, 0.25) is 0 Å². The summed E-state index contributed by atoms with van der Waals surface area (Å²) >= 11 is 0. The zero-order valence-electron chi connectivity index (χ0n) is 5.41. The van der Waals surface area contributed by atoms with Crippen LogP contribution in [0.5, 0.6) is 0 Å². The Bertz CT molecular complexity index is 237. The molecule has 1 aliphatic heterocycles. The van der Waals surface area contributed by atoms with Gasteiger partial charge >= 0.3 is 6.18 Å². The Kier molecular flexibility index (Phi) is 1.62. The van der Waals surface area contributed by atoms with Gasteiger partial charge in [-0.25, -0.2) is 0 Å². The first kappa shape index (κ1) is 8.03. The highest BCUT2D eigenvalue weighted by Gasteiger charge is 2.42. The summed E-state index contributed by atoms with van der Waals surface area (Å²) in [6.07, 6.45) is -4.70. The Morgan fingerprint density at radius 1 is 1.27 bits per heavy atom. The van der Waals surface area contributed by atoms with E-state index in [1.54, 1.807) is 0 Å². The van der Waals surface area contributed by atoms with E-state index in [4.69, 9.17) is 0 Å². The van der Waals surface area contributed by atoms with E-state index in [1.165, 1.54) is 0 Å². The van der Waals surface area contributed by atoms with Gasteiger partial charge in [-0.05, 0) is 6.92 Å². The molecule has 0 spiro atoms. The van der Waals surface area contributed by atoms with E-state index in [9.17, 15) is 17.6 Å². The Balaban J connectivity index is 3.03. The highest BCUT2D eigenvalue weighted by molar-refractivity contribution is 6.00. The van der Waals surface area contributed by atoms with Gasteiger partial charge < -0.3 is 0 Å². The average molecular weight is 167 g/mol. The zero-order valence-corrected chi connectivity index (χ0v) is 5.41. The van der Waals surface area contributed by atoms with Crippen LogP contribution in [0.15, 0.2) is 16.6 Å². The minimum Gasteiger partial charge on any atom is -0.182 e. The fourth-order valence-corrected chi connectivity index (χ4v) is 0.690. The van der Waals surface area contributed by atoms with Crippen molar-refractivity contribution in [1.82, 2.24) is 5.43 Å². The molecule has 1 rings (SSSR count). The second-order valence-corrected chi connectivity index (χ2v) is 1.95. The zero-order chi connectivity index (χ0) is 8.65. The lowest BCUT2D eigenvalue weighted by Crippen LogP contribution is -2.17. The third-order valence-corrected chi connectivity index (χ3v) is 1.14.